The van der Waals surface area contributed by atoms with E-state index in [1.807, 2.05) is 13.0 Å². The smallest absolute Gasteiger partial charge is 0.236 e. The van der Waals surface area contributed by atoms with Gasteiger partial charge in [-0.1, -0.05) is 41.9 Å². The summed E-state index contributed by atoms with van der Waals surface area (Å²) in [5, 5.41) is 6.17. The summed E-state index contributed by atoms with van der Waals surface area (Å²) >= 11 is 3.48. The van der Waals surface area contributed by atoms with Crippen molar-refractivity contribution < 1.29 is 4.79 Å². The van der Waals surface area contributed by atoms with Gasteiger partial charge in [0.1, 0.15) is 0 Å². The van der Waals surface area contributed by atoms with Gasteiger partial charge in [-0.05, 0) is 37.0 Å². The molecule has 0 heterocycles. The van der Waals surface area contributed by atoms with E-state index in [1.165, 1.54) is 11.1 Å². The highest BCUT2D eigenvalue weighted by atomic mass is 79.9. The van der Waals surface area contributed by atoms with Crippen molar-refractivity contribution in [3.63, 3.8) is 0 Å². The number of halogens is 1. The van der Waals surface area contributed by atoms with E-state index >= 15 is 0 Å². The van der Waals surface area contributed by atoms with Crippen LogP contribution in [0.4, 0.5) is 0 Å². The predicted molar refractivity (Wildman–Crippen MR) is 83.0 cm³/mol. The van der Waals surface area contributed by atoms with E-state index in [0.29, 0.717) is 12.5 Å². The normalized spacial score (nSPS) is 12.5. The maximum Gasteiger partial charge on any atom is 0.236 e. The Labute approximate surface area is 124 Å². The van der Waals surface area contributed by atoms with Gasteiger partial charge in [0.25, 0.3) is 0 Å². The molecule has 0 aliphatic heterocycles. The van der Waals surface area contributed by atoms with E-state index in [2.05, 4.69) is 59.5 Å². The van der Waals surface area contributed by atoms with Crippen molar-refractivity contribution in [1.82, 2.24) is 10.6 Å². The molecule has 0 saturated carbocycles. The van der Waals surface area contributed by atoms with Crippen molar-refractivity contribution in [1.29, 1.82) is 0 Å². The number of hydrogen-bond acceptors (Lipinski definition) is 2. The molecule has 0 aliphatic carbocycles. The Morgan fingerprint density at radius 1 is 1.32 bits per heavy atom. The minimum Gasteiger partial charge on any atom is -0.354 e. The molecule has 0 fully saturated rings. The summed E-state index contributed by atoms with van der Waals surface area (Å²) < 4.78 is 1.11. The van der Waals surface area contributed by atoms with Crippen LogP contribution in [0.3, 0.4) is 0 Å². The zero-order valence-corrected chi connectivity index (χ0v) is 13.7. The number of hydrogen-bond donors (Lipinski definition) is 2. The summed E-state index contributed by atoms with van der Waals surface area (Å²) in [5.41, 5.74) is 2.39. The molecule has 1 rings (SSSR count). The van der Waals surface area contributed by atoms with Crippen LogP contribution in [-0.2, 0) is 11.3 Å². The van der Waals surface area contributed by atoms with Crippen molar-refractivity contribution in [2.24, 2.45) is 5.92 Å². The molecule has 0 radical (unpaired) electrons. The van der Waals surface area contributed by atoms with Crippen LogP contribution >= 0.6 is 15.9 Å². The van der Waals surface area contributed by atoms with Crippen LogP contribution in [0, 0.1) is 12.8 Å². The number of carbonyl (C=O) groups excluding carboxylic acids is 1. The number of rotatable bonds is 6. The van der Waals surface area contributed by atoms with Gasteiger partial charge in [0.15, 0.2) is 0 Å². The molecule has 0 aromatic heterocycles. The van der Waals surface area contributed by atoms with Gasteiger partial charge >= 0.3 is 0 Å². The van der Waals surface area contributed by atoms with Crippen LogP contribution in [0.1, 0.15) is 31.9 Å². The summed E-state index contributed by atoms with van der Waals surface area (Å²) in [5.74, 6) is 0.535. The first kappa shape index (κ1) is 16.2. The van der Waals surface area contributed by atoms with Crippen LogP contribution in [0.25, 0.3) is 0 Å². The first-order chi connectivity index (χ1) is 8.90. The fraction of sp³-hybridized carbons (Fsp3) is 0.533. The number of benzene rings is 1. The first-order valence-electron chi connectivity index (χ1n) is 6.66. The summed E-state index contributed by atoms with van der Waals surface area (Å²) in [6.07, 6.45) is 0. The Morgan fingerprint density at radius 2 is 2.00 bits per heavy atom. The fourth-order valence-corrected chi connectivity index (χ4v) is 1.88. The SMILES string of the molecule is Cc1cc(CNC(C)C(=O)NCC(C)C)ccc1Br. The summed E-state index contributed by atoms with van der Waals surface area (Å²) in [4.78, 5) is 11.8. The third-order valence-electron chi connectivity index (χ3n) is 2.91. The maximum absolute atomic E-state index is 11.8. The number of aryl methyl sites for hydroxylation is 1. The van der Waals surface area contributed by atoms with Crippen LogP contribution in [0.15, 0.2) is 22.7 Å². The van der Waals surface area contributed by atoms with Gasteiger partial charge in [-0.3, -0.25) is 4.79 Å². The molecule has 3 nitrogen and oxygen atoms in total. The Balaban J connectivity index is 2.42. The lowest BCUT2D eigenvalue weighted by atomic mass is 10.1. The highest BCUT2D eigenvalue weighted by Gasteiger charge is 2.12. The van der Waals surface area contributed by atoms with Crippen LogP contribution in [-0.4, -0.2) is 18.5 Å². The van der Waals surface area contributed by atoms with E-state index in [9.17, 15) is 4.79 Å². The van der Waals surface area contributed by atoms with Crippen molar-refractivity contribution in [3.05, 3.63) is 33.8 Å². The quantitative estimate of drug-likeness (QED) is 0.843. The standard InChI is InChI=1S/C15H23BrN2O/c1-10(2)8-18-15(19)12(4)17-9-13-5-6-14(16)11(3)7-13/h5-7,10,12,17H,8-9H2,1-4H3,(H,18,19). The number of nitrogens with one attached hydrogen (secondary N) is 2. The second-order valence-corrected chi connectivity index (χ2v) is 6.18. The van der Waals surface area contributed by atoms with E-state index in [4.69, 9.17) is 0 Å². The van der Waals surface area contributed by atoms with Crippen molar-refractivity contribution in [3.8, 4) is 0 Å². The van der Waals surface area contributed by atoms with Crippen molar-refractivity contribution >= 4 is 21.8 Å². The lowest BCUT2D eigenvalue weighted by molar-refractivity contribution is -0.122. The molecule has 1 aromatic rings. The molecule has 19 heavy (non-hydrogen) atoms. The minimum atomic E-state index is -0.178. The van der Waals surface area contributed by atoms with Crippen LogP contribution in [0.5, 0.6) is 0 Å². The zero-order chi connectivity index (χ0) is 14.4. The molecule has 1 unspecified atom stereocenters. The van der Waals surface area contributed by atoms with Gasteiger partial charge in [0.05, 0.1) is 6.04 Å². The Hall–Kier alpha value is -0.870. The molecule has 1 aromatic carbocycles. The van der Waals surface area contributed by atoms with E-state index in [-0.39, 0.29) is 11.9 Å². The molecule has 106 valence electrons. The lowest BCUT2D eigenvalue weighted by Gasteiger charge is -2.15. The summed E-state index contributed by atoms with van der Waals surface area (Å²) in [6, 6.07) is 6.04. The second kappa shape index (κ2) is 7.65. The van der Waals surface area contributed by atoms with Gasteiger partial charge in [-0.2, -0.15) is 0 Å². The van der Waals surface area contributed by atoms with Crippen molar-refractivity contribution in [2.45, 2.75) is 40.3 Å². The van der Waals surface area contributed by atoms with E-state index in [1.54, 1.807) is 0 Å². The molecule has 0 spiro atoms. The topological polar surface area (TPSA) is 41.1 Å². The van der Waals surface area contributed by atoms with Gasteiger partial charge < -0.3 is 10.6 Å². The highest BCUT2D eigenvalue weighted by molar-refractivity contribution is 9.10. The molecule has 1 atom stereocenters. The third-order valence-corrected chi connectivity index (χ3v) is 3.80. The predicted octanol–water partition coefficient (Wildman–Crippen LogP) is 3.01. The van der Waals surface area contributed by atoms with Crippen LogP contribution in [0.2, 0.25) is 0 Å². The van der Waals surface area contributed by atoms with Crippen LogP contribution < -0.4 is 10.6 Å². The Bertz CT molecular complexity index is 432. The molecule has 0 saturated heterocycles. The first-order valence-corrected chi connectivity index (χ1v) is 7.45. The zero-order valence-electron chi connectivity index (χ0n) is 12.1. The van der Waals surface area contributed by atoms with E-state index in [0.717, 1.165) is 11.0 Å². The highest BCUT2D eigenvalue weighted by Crippen LogP contribution is 2.16. The number of carbonyl (C=O) groups is 1. The monoisotopic (exact) mass is 326 g/mol. The lowest BCUT2D eigenvalue weighted by Crippen LogP contribution is -2.42. The molecule has 1 amide bonds. The minimum absolute atomic E-state index is 0.0579. The average molecular weight is 327 g/mol. The molecule has 0 aliphatic rings. The van der Waals surface area contributed by atoms with E-state index < -0.39 is 0 Å². The van der Waals surface area contributed by atoms with Crippen molar-refractivity contribution in [2.75, 3.05) is 6.54 Å². The summed E-state index contributed by atoms with van der Waals surface area (Å²) in [7, 11) is 0. The molecule has 4 heteroatoms. The maximum atomic E-state index is 11.8. The average Bonchev–Trinajstić information content (AvgIpc) is 2.36. The third kappa shape index (κ3) is 5.74. The molecular weight excluding hydrogens is 304 g/mol. The Morgan fingerprint density at radius 3 is 2.58 bits per heavy atom. The second-order valence-electron chi connectivity index (χ2n) is 5.33. The summed E-state index contributed by atoms with van der Waals surface area (Å²) in [6.45, 7) is 9.55. The van der Waals surface area contributed by atoms with Gasteiger partial charge in [-0.25, -0.2) is 0 Å². The van der Waals surface area contributed by atoms with Gasteiger partial charge in [0.2, 0.25) is 5.91 Å². The van der Waals surface area contributed by atoms with Gasteiger partial charge in [0, 0.05) is 17.6 Å². The Kier molecular flexibility index (Phi) is 6.52. The fourth-order valence-electron chi connectivity index (χ4n) is 1.64. The molecular formula is C15H23BrN2O. The van der Waals surface area contributed by atoms with Gasteiger partial charge in [-0.15, -0.1) is 0 Å². The number of amides is 1. The molecule has 0 bridgehead atoms. The molecule has 2 N–H and O–H groups in total. The largest absolute Gasteiger partial charge is 0.354 e.